The zero-order valence-electron chi connectivity index (χ0n) is 10.0. The van der Waals surface area contributed by atoms with E-state index in [1.165, 1.54) is 6.07 Å². The first-order valence-electron chi connectivity index (χ1n) is 6.14. The van der Waals surface area contributed by atoms with E-state index < -0.39 is 0 Å². The molecule has 0 spiro atoms. The molecule has 0 unspecified atom stereocenters. The number of hydrogen-bond donors (Lipinski definition) is 1. The van der Waals surface area contributed by atoms with E-state index in [2.05, 4.69) is 15.5 Å². The van der Waals surface area contributed by atoms with Gasteiger partial charge in [-0.15, -0.1) is 10.2 Å². The molecule has 1 N–H and O–H groups in total. The molecule has 4 nitrogen and oxygen atoms in total. The lowest BCUT2D eigenvalue weighted by Gasteiger charge is -2.26. The minimum absolute atomic E-state index is 0.178. The molecule has 0 radical (unpaired) electrons. The average Bonchev–Trinajstić information content (AvgIpc) is 2.74. The third-order valence-electron chi connectivity index (χ3n) is 3.33. The van der Waals surface area contributed by atoms with E-state index in [0.717, 1.165) is 25.3 Å². The summed E-state index contributed by atoms with van der Waals surface area (Å²) in [6, 6.07) is 6.82. The molecule has 2 heterocycles. The lowest BCUT2D eigenvalue weighted by atomic mass is 9.99. The van der Waals surface area contributed by atoms with Gasteiger partial charge in [0.1, 0.15) is 18.0 Å². The molecule has 1 aromatic heterocycles. The predicted molar refractivity (Wildman–Crippen MR) is 65.6 cm³/mol. The number of nitrogens with zero attached hydrogens (tertiary/aromatic N) is 3. The third-order valence-corrected chi connectivity index (χ3v) is 3.33. The zero-order chi connectivity index (χ0) is 12.4. The van der Waals surface area contributed by atoms with Gasteiger partial charge in [0.15, 0.2) is 0 Å². The van der Waals surface area contributed by atoms with Gasteiger partial charge in [0.2, 0.25) is 0 Å². The van der Waals surface area contributed by atoms with Crippen molar-refractivity contribution < 1.29 is 4.39 Å². The molecule has 18 heavy (non-hydrogen) atoms. The largest absolute Gasteiger partial charge is 0.316 e. The second-order valence-electron chi connectivity index (χ2n) is 4.69. The number of hydrogen-bond acceptors (Lipinski definition) is 3. The van der Waals surface area contributed by atoms with Gasteiger partial charge in [-0.1, -0.05) is 18.2 Å². The highest BCUT2D eigenvalue weighted by molar-refractivity contribution is 5.18. The van der Waals surface area contributed by atoms with Crippen LogP contribution in [0.1, 0.15) is 11.4 Å². The van der Waals surface area contributed by atoms with E-state index in [-0.39, 0.29) is 5.82 Å². The summed E-state index contributed by atoms with van der Waals surface area (Å²) in [6.45, 7) is 2.56. The second-order valence-corrected chi connectivity index (χ2v) is 4.69. The number of nitrogens with one attached hydrogen (secondary N) is 1. The highest BCUT2D eigenvalue weighted by Crippen LogP contribution is 2.13. The van der Waals surface area contributed by atoms with Gasteiger partial charge in [0, 0.05) is 12.0 Å². The quantitative estimate of drug-likeness (QED) is 0.882. The fourth-order valence-corrected chi connectivity index (χ4v) is 2.13. The molecule has 3 rings (SSSR count). The Balaban J connectivity index is 1.76. The van der Waals surface area contributed by atoms with Crippen LogP contribution in [0.4, 0.5) is 4.39 Å². The molecule has 0 bridgehead atoms. The third kappa shape index (κ3) is 2.26. The van der Waals surface area contributed by atoms with Crippen molar-refractivity contribution in [2.45, 2.75) is 13.0 Å². The van der Waals surface area contributed by atoms with E-state index in [4.69, 9.17) is 0 Å². The maximum absolute atomic E-state index is 13.6. The molecule has 1 aliphatic heterocycles. The molecule has 1 aliphatic rings. The Bertz CT molecular complexity index is 533. The van der Waals surface area contributed by atoms with Crippen LogP contribution in [0.2, 0.25) is 0 Å². The maximum atomic E-state index is 13.6. The smallest absolute Gasteiger partial charge is 0.133 e. The van der Waals surface area contributed by atoms with Crippen molar-refractivity contribution in [2.24, 2.45) is 5.92 Å². The van der Waals surface area contributed by atoms with Crippen molar-refractivity contribution in [1.82, 2.24) is 20.1 Å². The summed E-state index contributed by atoms with van der Waals surface area (Å²) in [7, 11) is 0. The van der Waals surface area contributed by atoms with Crippen molar-refractivity contribution >= 4 is 0 Å². The molecular formula is C13H15FN4. The predicted octanol–water partition coefficient (Wildman–Crippen LogP) is 1.23. The van der Waals surface area contributed by atoms with Gasteiger partial charge in [-0.25, -0.2) is 4.39 Å². The van der Waals surface area contributed by atoms with Crippen molar-refractivity contribution in [2.75, 3.05) is 13.1 Å². The Morgan fingerprint density at radius 1 is 1.33 bits per heavy atom. The van der Waals surface area contributed by atoms with E-state index >= 15 is 0 Å². The SMILES string of the molecule is Fc1ccccc1Cn1cnnc1CC1CNC1. The van der Waals surface area contributed by atoms with Crippen LogP contribution in [0.25, 0.3) is 0 Å². The maximum Gasteiger partial charge on any atom is 0.133 e. The summed E-state index contributed by atoms with van der Waals surface area (Å²) in [5.74, 6) is 1.39. The number of aromatic nitrogens is 3. The first-order valence-corrected chi connectivity index (χ1v) is 6.14. The van der Waals surface area contributed by atoms with Crippen LogP contribution in [-0.4, -0.2) is 27.9 Å². The fourth-order valence-electron chi connectivity index (χ4n) is 2.13. The Kier molecular flexibility index (Phi) is 3.06. The Hall–Kier alpha value is -1.75. The number of benzene rings is 1. The van der Waals surface area contributed by atoms with Crippen LogP contribution in [0, 0.1) is 11.7 Å². The van der Waals surface area contributed by atoms with E-state index in [1.807, 2.05) is 10.6 Å². The summed E-state index contributed by atoms with van der Waals surface area (Å²) in [4.78, 5) is 0. The highest BCUT2D eigenvalue weighted by atomic mass is 19.1. The minimum Gasteiger partial charge on any atom is -0.316 e. The molecule has 0 amide bonds. The van der Waals surface area contributed by atoms with Gasteiger partial charge in [0.05, 0.1) is 6.54 Å². The second kappa shape index (κ2) is 4.86. The van der Waals surface area contributed by atoms with E-state index in [1.54, 1.807) is 18.5 Å². The van der Waals surface area contributed by atoms with Gasteiger partial charge in [-0.05, 0) is 25.1 Å². The molecule has 0 atom stereocenters. The van der Waals surface area contributed by atoms with Gasteiger partial charge >= 0.3 is 0 Å². The summed E-state index contributed by atoms with van der Waals surface area (Å²) in [5, 5.41) is 11.3. The van der Waals surface area contributed by atoms with Crippen molar-refractivity contribution in [3.63, 3.8) is 0 Å². The molecule has 5 heteroatoms. The topological polar surface area (TPSA) is 42.7 Å². The van der Waals surface area contributed by atoms with E-state index in [9.17, 15) is 4.39 Å². The summed E-state index contributed by atoms with van der Waals surface area (Å²) in [6.07, 6.45) is 2.58. The van der Waals surface area contributed by atoms with Gasteiger partial charge in [-0.2, -0.15) is 0 Å². The average molecular weight is 246 g/mol. The minimum atomic E-state index is -0.178. The molecule has 1 aromatic carbocycles. The standard InChI is InChI=1S/C13H15FN4/c14-12-4-2-1-3-11(12)8-18-9-16-17-13(18)5-10-6-15-7-10/h1-4,9-10,15H,5-8H2. The summed E-state index contributed by atoms with van der Waals surface area (Å²) in [5.41, 5.74) is 0.672. The molecule has 1 fully saturated rings. The molecular weight excluding hydrogens is 231 g/mol. The van der Waals surface area contributed by atoms with E-state index in [0.29, 0.717) is 18.0 Å². The fraction of sp³-hybridized carbons (Fsp3) is 0.385. The van der Waals surface area contributed by atoms with Gasteiger partial charge in [0.25, 0.3) is 0 Å². The van der Waals surface area contributed by atoms with Crippen LogP contribution in [0.5, 0.6) is 0 Å². The van der Waals surface area contributed by atoms with Crippen molar-refractivity contribution in [1.29, 1.82) is 0 Å². The zero-order valence-corrected chi connectivity index (χ0v) is 10.0. The van der Waals surface area contributed by atoms with Crippen molar-refractivity contribution in [3.8, 4) is 0 Å². The number of halogens is 1. The first kappa shape index (κ1) is 11.3. The van der Waals surface area contributed by atoms with Crippen LogP contribution in [0.15, 0.2) is 30.6 Å². The van der Waals surface area contributed by atoms with Crippen molar-refractivity contribution in [3.05, 3.63) is 47.8 Å². The molecule has 94 valence electrons. The lowest BCUT2D eigenvalue weighted by molar-refractivity contribution is 0.337. The molecule has 0 saturated carbocycles. The normalized spacial score (nSPS) is 15.6. The van der Waals surface area contributed by atoms with Gasteiger partial charge < -0.3 is 9.88 Å². The molecule has 0 aliphatic carbocycles. The molecule has 1 saturated heterocycles. The lowest BCUT2D eigenvalue weighted by Crippen LogP contribution is -2.43. The Labute approximate surface area is 105 Å². The van der Waals surface area contributed by atoms with Crippen LogP contribution >= 0.6 is 0 Å². The Morgan fingerprint density at radius 3 is 2.89 bits per heavy atom. The summed E-state index contributed by atoms with van der Waals surface area (Å²) < 4.78 is 15.5. The van der Waals surface area contributed by atoms with Crippen LogP contribution in [-0.2, 0) is 13.0 Å². The summed E-state index contributed by atoms with van der Waals surface area (Å²) >= 11 is 0. The van der Waals surface area contributed by atoms with Crippen LogP contribution < -0.4 is 5.32 Å². The van der Waals surface area contributed by atoms with Gasteiger partial charge in [-0.3, -0.25) is 0 Å². The monoisotopic (exact) mass is 246 g/mol. The van der Waals surface area contributed by atoms with Crippen LogP contribution in [0.3, 0.4) is 0 Å². The first-order chi connectivity index (χ1) is 8.83. The molecule has 2 aromatic rings. The number of rotatable bonds is 4. The highest BCUT2D eigenvalue weighted by Gasteiger charge is 2.20. The Morgan fingerprint density at radius 2 is 2.17 bits per heavy atom.